The molecule has 230 valence electrons. The van der Waals surface area contributed by atoms with Crippen LogP contribution < -0.4 is 0 Å². The molecule has 49 heavy (non-hydrogen) atoms. The first kappa shape index (κ1) is 28.6. The van der Waals surface area contributed by atoms with Gasteiger partial charge in [0, 0.05) is 33.2 Å². The predicted octanol–water partition coefficient (Wildman–Crippen LogP) is 11.9. The first-order valence-electron chi connectivity index (χ1n) is 16.6. The number of nitrogens with zero attached hydrogens (tertiary/aromatic N) is 3. The molecule has 7 aromatic carbocycles. The van der Waals surface area contributed by atoms with Crippen LogP contribution in [0.4, 0.5) is 0 Å². The molecule has 0 amide bonds. The van der Waals surface area contributed by atoms with Gasteiger partial charge in [-0.1, -0.05) is 152 Å². The molecule has 0 spiro atoms. The van der Waals surface area contributed by atoms with Crippen molar-refractivity contribution in [1.29, 1.82) is 0 Å². The van der Waals surface area contributed by atoms with Gasteiger partial charge in [-0.2, -0.15) is 0 Å². The van der Waals surface area contributed by atoms with Crippen molar-refractivity contribution >= 4 is 21.8 Å². The summed E-state index contributed by atoms with van der Waals surface area (Å²) in [6.45, 7) is 0. The molecule has 3 heteroatoms. The number of hydrogen-bond donors (Lipinski definition) is 0. The molecular weight excluding hydrogens is 595 g/mol. The minimum Gasteiger partial charge on any atom is -0.309 e. The summed E-state index contributed by atoms with van der Waals surface area (Å²) in [5.41, 5.74) is 13.2. The third-order valence-electron chi connectivity index (χ3n) is 9.25. The molecule has 0 aliphatic rings. The van der Waals surface area contributed by atoms with Crippen molar-refractivity contribution in [1.82, 2.24) is 14.5 Å². The van der Waals surface area contributed by atoms with Crippen LogP contribution in [-0.2, 0) is 0 Å². The highest BCUT2D eigenvalue weighted by Gasteiger charge is 2.14. The third-order valence-corrected chi connectivity index (χ3v) is 9.25. The minimum absolute atomic E-state index is 0.713. The van der Waals surface area contributed by atoms with Gasteiger partial charge in [0.05, 0.1) is 22.4 Å². The van der Waals surface area contributed by atoms with Crippen molar-refractivity contribution in [2.45, 2.75) is 0 Å². The van der Waals surface area contributed by atoms with Crippen LogP contribution in [0.25, 0.3) is 83.6 Å². The summed E-state index contributed by atoms with van der Waals surface area (Å²) < 4.78 is 2.35. The lowest BCUT2D eigenvalue weighted by molar-refractivity contribution is 1.18. The number of aromatic nitrogens is 3. The highest BCUT2D eigenvalue weighted by atomic mass is 15.0. The van der Waals surface area contributed by atoms with E-state index in [4.69, 9.17) is 9.97 Å². The second-order valence-corrected chi connectivity index (χ2v) is 12.3. The standard InChI is InChI=1S/C46H31N3/c1-4-12-32(13-5-1)33-20-24-35(25-21-33)42-31-43(48-46(47-42)37-14-6-2-7-15-37)36-26-22-34(23-27-36)38-28-29-45-41(30-38)40-18-10-11-19-44(40)49(45)39-16-8-3-9-17-39/h1-31H. The summed E-state index contributed by atoms with van der Waals surface area (Å²) in [6.07, 6.45) is 0. The van der Waals surface area contributed by atoms with Crippen molar-refractivity contribution < 1.29 is 0 Å². The van der Waals surface area contributed by atoms with Gasteiger partial charge in [0.2, 0.25) is 0 Å². The Morgan fingerprint density at radius 1 is 0.306 bits per heavy atom. The maximum absolute atomic E-state index is 5.06. The van der Waals surface area contributed by atoms with E-state index in [0.29, 0.717) is 5.82 Å². The second kappa shape index (κ2) is 12.2. The Hall–Kier alpha value is -6.58. The second-order valence-electron chi connectivity index (χ2n) is 12.3. The topological polar surface area (TPSA) is 30.7 Å². The molecule has 0 unspecified atom stereocenters. The van der Waals surface area contributed by atoms with Crippen molar-refractivity contribution in [3.05, 3.63) is 188 Å². The van der Waals surface area contributed by atoms with Gasteiger partial charge in [0.1, 0.15) is 0 Å². The fourth-order valence-electron chi connectivity index (χ4n) is 6.76. The molecule has 2 heterocycles. The van der Waals surface area contributed by atoms with Gasteiger partial charge >= 0.3 is 0 Å². The highest BCUT2D eigenvalue weighted by molar-refractivity contribution is 6.10. The lowest BCUT2D eigenvalue weighted by Gasteiger charge is -2.11. The average molecular weight is 626 g/mol. The van der Waals surface area contributed by atoms with Crippen molar-refractivity contribution in [2.24, 2.45) is 0 Å². The molecule has 0 aliphatic heterocycles. The SMILES string of the molecule is c1ccc(-c2ccc(-c3cc(-c4ccc(-c5ccc6c(c5)c5ccccc5n6-c5ccccc5)cc4)nc(-c4ccccc4)n3)cc2)cc1. The van der Waals surface area contributed by atoms with Crippen molar-refractivity contribution in [2.75, 3.05) is 0 Å². The third kappa shape index (κ3) is 5.38. The number of fused-ring (bicyclic) bond motifs is 3. The van der Waals surface area contributed by atoms with Gasteiger partial charge in [0.25, 0.3) is 0 Å². The normalized spacial score (nSPS) is 11.3. The van der Waals surface area contributed by atoms with Gasteiger partial charge in [-0.05, 0) is 58.7 Å². The van der Waals surface area contributed by atoms with Gasteiger partial charge < -0.3 is 4.57 Å². The van der Waals surface area contributed by atoms with E-state index in [9.17, 15) is 0 Å². The monoisotopic (exact) mass is 625 g/mol. The quantitative estimate of drug-likeness (QED) is 0.184. The minimum atomic E-state index is 0.713. The number of hydrogen-bond acceptors (Lipinski definition) is 2. The van der Waals surface area contributed by atoms with E-state index in [1.54, 1.807) is 0 Å². The van der Waals surface area contributed by atoms with Gasteiger partial charge in [-0.3, -0.25) is 0 Å². The molecule has 0 saturated heterocycles. The van der Waals surface area contributed by atoms with E-state index in [-0.39, 0.29) is 0 Å². The molecule has 0 bridgehead atoms. The summed E-state index contributed by atoms with van der Waals surface area (Å²) >= 11 is 0. The summed E-state index contributed by atoms with van der Waals surface area (Å²) in [6, 6.07) is 66.2. The smallest absolute Gasteiger partial charge is 0.160 e. The van der Waals surface area contributed by atoms with E-state index >= 15 is 0 Å². The molecule has 0 radical (unpaired) electrons. The van der Waals surface area contributed by atoms with Crippen LogP contribution in [0.15, 0.2) is 188 Å². The zero-order valence-electron chi connectivity index (χ0n) is 26.7. The van der Waals surface area contributed by atoms with Crippen LogP contribution in [0.3, 0.4) is 0 Å². The van der Waals surface area contributed by atoms with Crippen molar-refractivity contribution in [3.63, 3.8) is 0 Å². The number of para-hydroxylation sites is 2. The van der Waals surface area contributed by atoms with Crippen LogP contribution in [0.5, 0.6) is 0 Å². The van der Waals surface area contributed by atoms with Crippen LogP contribution in [0, 0.1) is 0 Å². The zero-order valence-corrected chi connectivity index (χ0v) is 26.7. The molecule has 0 atom stereocenters. The predicted molar refractivity (Wildman–Crippen MR) is 204 cm³/mol. The van der Waals surface area contributed by atoms with Crippen LogP contribution >= 0.6 is 0 Å². The Kier molecular flexibility index (Phi) is 7.14. The molecule has 0 aliphatic carbocycles. The van der Waals surface area contributed by atoms with Crippen LogP contribution in [0.2, 0.25) is 0 Å². The molecule has 0 fully saturated rings. The van der Waals surface area contributed by atoms with Crippen molar-refractivity contribution in [3.8, 4) is 61.8 Å². The summed E-state index contributed by atoms with van der Waals surface area (Å²) in [5.74, 6) is 0.713. The Morgan fingerprint density at radius 3 is 1.39 bits per heavy atom. The summed E-state index contributed by atoms with van der Waals surface area (Å²) in [5, 5.41) is 2.49. The van der Waals surface area contributed by atoms with Crippen LogP contribution in [0.1, 0.15) is 0 Å². The molecule has 3 nitrogen and oxygen atoms in total. The lowest BCUT2D eigenvalue weighted by atomic mass is 9.99. The Labute approximate surface area is 285 Å². The molecule has 2 aromatic heterocycles. The largest absolute Gasteiger partial charge is 0.309 e. The fraction of sp³-hybridized carbons (Fsp3) is 0. The molecular formula is C46H31N3. The van der Waals surface area contributed by atoms with Gasteiger partial charge in [0.15, 0.2) is 5.82 Å². The molecule has 9 aromatic rings. The number of rotatable bonds is 6. The molecule has 9 rings (SSSR count). The Balaban J connectivity index is 1.10. The Morgan fingerprint density at radius 2 is 0.755 bits per heavy atom. The van der Waals surface area contributed by atoms with Gasteiger partial charge in [-0.15, -0.1) is 0 Å². The maximum Gasteiger partial charge on any atom is 0.160 e. The molecule has 0 saturated carbocycles. The summed E-state index contributed by atoms with van der Waals surface area (Å²) in [7, 11) is 0. The van der Waals surface area contributed by atoms with E-state index in [0.717, 1.165) is 39.3 Å². The fourth-order valence-corrected chi connectivity index (χ4v) is 6.76. The van der Waals surface area contributed by atoms with E-state index < -0.39 is 0 Å². The first-order chi connectivity index (χ1) is 24.3. The summed E-state index contributed by atoms with van der Waals surface area (Å²) in [4.78, 5) is 10.1. The lowest BCUT2D eigenvalue weighted by Crippen LogP contribution is -1.96. The van der Waals surface area contributed by atoms with Crippen LogP contribution in [-0.4, -0.2) is 14.5 Å². The molecule has 0 N–H and O–H groups in total. The number of benzene rings is 7. The Bertz CT molecular complexity index is 2550. The zero-order chi connectivity index (χ0) is 32.6. The van der Waals surface area contributed by atoms with E-state index in [2.05, 4.69) is 168 Å². The van der Waals surface area contributed by atoms with E-state index in [1.807, 2.05) is 24.3 Å². The van der Waals surface area contributed by atoms with Gasteiger partial charge in [-0.25, -0.2) is 9.97 Å². The first-order valence-corrected chi connectivity index (χ1v) is 16.6. The van der Waals surface area contributed by atoms with E-state index in [1.165, 1.54) is 38.5 Å². The average Bonchev–Trinajstić information content (AvgIpc) is 3.52. The maximum atomic E-state index is 5.06. The highest BCUT2D eigenvalue weighted by Crippen LogP contribution is 2.36.